The van der Waals surface area contributed by atoms with Crippen LogP contribution < -0.4 is 9.47 Å². The van der Waals surface area contributed by atoms with Crippen LogP contribution in [0.5, 0.6) is 11.5 Å². The molecule has 4 N–H and O–H groups in total. The van der Waals surface area contributed by atoms with Crippen LogP contribution in [-0.2, 0) is 6.42 Å². The Morgan fingerprint density at radius 2 is 0.865 bits per heavy atom. The molecule has 0 saturated carbocycles. The Hall–Kier alpha value is -3.78. The van der Waals surface area contributed by atoms with Crippen LogP contribution in [0.2, 0.25) is 0 Å². The lowest BCUT2D eigenvalue weighted by Gasteiger charge is -2.07. The van der Waals surface area contributed by atoms with Crippen LogP contribution in [0.25, 0.3) is 0 Å². The summed E-state index contributed by atoms with van der Waals surface area (Å²) in [6.07, 6.45) is 16.9. The highest BCUT2D eigenvalue weighted by molar-refractivity contribution is 5.52. The van der Waals surface area contributed by atoms with Gasteiger partial charge in [-0.1, -0.05) is 108 Å². The van der Waals surface area contributed by atoms with Gasteiger partial charge in [0.15, 0.2) is 0 Å². The molecule has 0 aliphatic carbocycles. The Labute approximate surface area is 313 Å². The zero-order valence-electron chi connectivity index (χ0n) is 31.5. The fourth-order valence-electron chi connectivity index (χ4n) is 5.93. The second-order valence-corrected chi connectivity index (χ2v) is 13.7. The molecule has 3 aromatic rings. The Morgan fingerprint density at radius 3 is 1.31 bits per heavy atom. The third-order valence-corrected chi connectivity index (χ3v) is 9.21. The standard InChI is InChI=1S/C46H62O6/c1-2-41-35-40(20-19-38-23-29-45(30-24-38)51-33-15-11-7-3-5-9-13-17-43(49)36-47)22-28-42(41)27-21-39-25-31-46(32-26-39)52-34-16-12-8-4-6-10-14-18-44(50)37-48/h22-26,28-32,35,43-44,47-50H,2-18,33-34,36-37H2,1H3. The number of unbranched alkanes of at least 4 members (excludes halogenated alkanes) is 12. The minimum atomic E-state index is -0.560. The zero-order valence-corrected chi connectivity index (χ0v) is 31.5. The molecule has 0 spiro atoms. The van der Waals surface area contributed by atoms with Gasteiger partial charge in [-0.2, -0.15) is 0 Å². The third-order valence-electron chi connectivity index (χ3n) is 9.21. The molecule has 2 unspecified atom stereocenters. The molecule has 0 amide bonds. The predicted molar refractivity (Wildman–Crippen MR) is 212 cm³/mol. The van der Waals surface area contributed by atoms with Gasteiger partial charge in [0.05, 0.1) is 38.6 Å². The summed E-state index contributed by atoms with van der Waals surface area (Å²) in [5, 5.41) is 36.5. The fraction of sp³-hybridized carbons (Fsp3) is 0.522. The van der Waals surface area contributed by atoms with Crippen molar-refractivity contribution >= 4 is 0 Å². The highest BCUT2D eigenvalue weighted by Gasteiger charge is 2.03. The molecule has 3 rings (SSSR count). The molecular weight excluding hydrogens is 649 g/mol. The van der Waals surface area contributed by atoms with Crippen LogP contribution in [0.1, 0.15) is 137 Å². The molecule has 6 nitrogen and oxygen atoms in total. The van der Waals surface area contributed by atoms with Crippen LogP contribution in [0.4, 0.5) is 0 Å². The maximum absolute atomic E-state index is 9.38. The molecule has 0 aliphatic heterocycles. The zero-order chi connectivity index (χ0) is 37.1. The quantitative estimate of drug-likeness (QED) is 0.0519. The van der Waals surface area contributed by atoms with Gasteiger partial charge in [-0.15, -0.1) is 0 Å². The van der Waals surface area contributed by atoms with Crippen LogP contribution in [0.15, 0.2) is 66.7 Å². The molecule has 0 radical (unpaired) electrons. The van der Waals surface area contributed by atoms with E-state index in [0.29, 0.717) is 26.1 Å². The number of aryl methyl sites for hydroxylation is 1. The van der Waals surface area contributed by atoms with E-state index in [1.807, 2.05) is 54.6 Å². The Balaban J connectivity index is 1.34. The summed E-state index contributed by atoms with van der Waals surface area (Å²) >= 11 is 0. The molecule has 0 heterocycles. The number of rotatable bonds is 25. The number of benzene rings is 3. The molecule has 282 valence electrons. The van der Waals surface area contributed by atoms with Crippen molar-refractivity contribution in [3.05, 3.63) is 94.5 Å². The van der Waals surface area contributed by atoms with E-state index in [1.165, 1.54) is 44.1 Å². The fourth-order valence-corrected chi connectivity index (χ4v) is 5.93. The van der Waals surface area contributed by atoms with E-state index < -0.39 is 12.2 Å². The normalized spacial score (nSPS) is 11.9. The van der Waals surface area contributed by atoms with Crippen molar-refractivity contribution in [2.75, 3.05) is 26.4 Å². The first kappa shape index (κ1) is 42.6. The Kier molecular flexibility index (Phi) is 22.1. The van der Waals surface area contributed by atoms with Crippen molar-refractivity contribution in [2.24, 2.45) is 0 Å². The van der Waals surface area contributed by atoms with E-state index in [0.717, 1.165) is 91.5 Å². The van der Waals surface area contributed by atoms with E-state index in [-0.39, 0.29) is 13.2 Å². The van der Waals surface area contributed by atoms with E-state index in [1.54, 1.807) is 0 Å². The van der Waals surface area contributed by atoms with Crippen LogP contribution in [0, 0.1) is 23.7 Å². The number of aliphatic hydroxyl groups is 4. The summed E-state index contributed by atoms with van der Waals surface area (Å²) in [7, 11) is 0. The maximum Gasteiger partial charge on any atom is 0.119 e. The van der Waals surface area contributed by atoms with Crippen molar-refractivity contribution in [1.29, 1.82) is 0 Å². The number of ether oxygens (including phenoxy) is 2. The molecule has 0 aliphatic rings. The summed E-state index contributed by atoms with van der Waals surface area (Å²) < 4.78 is 11.9. The number of hydrogen-bond donors (Lipinski definition) is 4. The van der Waals surface area contributed by atoms with E-state index in [2.05, 4.69) is 42.7 Å². The summed E-state index contributed by atoms with van der Waals surface area (Å²) in [6, 6.07) is 22.2. The monoisotopic (exact) mass is 710 g/mol. The lowest BCUT2D eigenvalue weighted by molar-refractivity contribution is 0.0859. The minimum absolute atomic E-state index is 0.135. The van der Waals surface area contributed by atoms with Crippen LogP contribution in [-0.4, -0.2) is 59.1 Å². The van der Waals surface area contributed by atoms with Gasteiger partial charge in [-0.25, -0.2) is 0 Å². The largest absolute Gasteiger partial charge is 0.494 e. The highest BCUT2D eigenvalue weighted by atomic mass is 16.5. The van der Waals surface area contributed by atoms with Gasteiger partial charge in [0.25, 0.3) is 0 Å². The first-order chi connectivity index (χ1) is 25.5. The lowest BCUT2D eigenvalue weighted by Crippen LogP contribution is -2.10. The molecule has 52 heavy (non-hydrogen) atoms. The number of aliphatic hydroxyl groups excluding tert-OH is 4. The molecule has 6 heteroatoms. The van der Waals surface area contributed by atoms with Gasteiger partial charge in [0.1, 0.15) is 11.5 Å². The topological polar surface area (TPSA) is 99.4 Å². The average molecular weight is 711 g/mol. The molecule has 2 atom stereocenters. The summed E-state index contributed by atoms with van der Waals surface area (Å²) in [6.45, 7) is 3.30. The van der Waals surface area contributed by atoms with Crippen molar-refractivity contribution in [3.63, 3.8) is 0 Å². The summed E-state index contributed by atoms with van der Waals surface area (Å²) in [5.74, 6) is 15.0. The van der Waals surface area contributed by atoms with Crippen molar-refractivity contribution in [2.45, 2.75) is 128 Å². The lowest BCUT2D eigenvalue weighted by atomic mass is 10.0. The predicted octanol–water partition coefficient (Wildman–Crippen LogP) is 8.75. The number of hydrogen-bond acceptors (Lipinski definition) is 6. The minimum Gasteiger partial charge on any atom is -0.494 e. The van der Waals surface area contributed by atoms with Crippen molar-refractivity contribution in [1.82, 2.24) is 0 Å². The van der Waals surface area contributed by atoms with Gasteiger partial charge in [0.2, 0.25) is 0 Å². The SMILES string of the molecule is CCc1cc(C#Cc2ccc(OCCCCCCCCCC(O)CO)cc2)ccc1C#Cc1ccc(OCCCCCCCCCC(O)CO)cc1. The molecule has 0 fully saturated rings. The molecule has 3 aromatic carbocycles. The average Bonchev–Trinajstić information content (AvgIpc) is 3.18. The second-order valence-electron chi connectivity index (χ2n) is 13.7. The van der Waals surface area contributed by atoms with Gasteiger partial charge < -0.3 is 29.9 Å². The molecule has 0 bridgehead atoms. The van der Waals surface area contributed by atoms with E-state index >= 15 is 0 Å². The molecule has 0 aromatic heterocycles. The van der Waals surface area contributed by atoms with Crippen molar-refractivity contribution in [3.8, 4) is 35.2 Å². The van der Waals surface area contributed by atoms with Crippen LogP contribution in [0.3, 0.4) is 0 Å². The Morgan fingerprint density at radius 1 is 0.481 bits per heavy atom. The van der Waals surface area contributed by atoms with Crippen molar-refractivity contribution < 1.29 is 29.9 Å². The summed E-state index contributed by atoms with van der Waals surface area (Å²) in [4.78, 5) is 0. The maximum atomic E-state index is 9.38. The van der Waals surface area contributed by atoms with Gasteiger partial charge in [-0.05, 0) is 104 Å². The molecule has 0 saturated heterocycles. The van der Waals surface area contributed by atoms with Crippen LogP contribution >= 0.6 is 0 Å². The highest BCUT2D eigenvalue weighted by Crippen LogP contribution is 2.17. The summed E-state index contributed by atoms with van der Waals surface area (Å²) in [5.41, 5.74) is 5.08. The van der Waals surface area contributed by atoms with Gasteiger partial charge in [-0.3, -0.25) is 0 Å². The molecular formula is C46H62O6. The van der Waals surface area contributed by atoms with Gasteiger partial charge >= 0.3 is 0 Å². The Bertz CT molecular complexity index is 1490. The second kappa shape index (κ2) is 26.9. The first-order valence-electron chi connectivity index (χ1n) is 19.7. The first-order valence-corrected chi connectivity index (χ1v) is 19.7. The van der Waals surface area contributed by atoms with E-state index in [9.17, 15) is 10.2 Å². The van der Waals surface area contributed by atoms with Gasteiger partial charge in [0, 0.05) is 22.3 Å². The third kappa shape index (κ3) is 18.6. The van der Waals surface area contributed by atoms with E-state index in [4.69, 9.17) is 19.7 Å². The smallest absolute Gasteiger partial charge is 0.119 e.